The number of ether oxygens (including phenoxy) is 1. The second-order valence-corrected chi connectivity index (χ2v) is 7.41. The number of esters is 1. The summed E-state index contributed by atoms with van der Waals surface area (Å²) in [7, 11) is 1.33. The maximum Gasteiger partial charge on any atom is 0.328 e. The van der Waals surface area contributed by atoms with Gasteiger partial charge in [0.1, 0.15) is 12.1 Å². The van der Waals surface area contributed by atoms with Gasteiger partial charge in [-0.3, -0.25) is 4.79 Å². The lowest BCUT2D eigenvalue weighted by atomic mass is 10.1. The lowest BCUT2D eigenvalue weighted by molar-refractivity contribution is -0.145. The van der Waals surface area contributed by atoms with Gasteiger partial charge >= 0.3 is 5.97 Å². The van der Waals surface area contributed by atoms with Crippen molar-refractivity contribution in [1.29, 1.82) is 5.26 Å². The maximum atomic E-state index is 12.9. The number of carbonyl (C=O) groups excluding carboxylic acids is 2. The van der Waals surface area contributed by atoms with E-state index >= 15 is 0 Å². The number of rotatable bonds is 6. The molecule has 1 fully saturated rings. The first kappa shape index (κ1) is 18.9. The van der Waals surface area contributed by atoms with Crippen LogP contribution < -0.4 is 10.2 Å². The van der Waals surface area contributed by atoms with Gasteiger partial charge in [-0.05, 0) is 48.6 Å². The average molecular weight is 383 g/mol. The molecule has 1 aromatic heterocycles. The number of nitrogens with zero attached hydrogens (tertiary/aromatic N) is 2. The van der Waals surface area contributed by atoms with Gasteiger partial charge in [-0.15, -0.1) is 11.3 Å². The highest BCUT2D eigenvalue weighted by molar-refractivity contribution is 7.09. The van der Waals surface area contributed by atoms with Crippen molar-refractivity contribution in [2.45, 2.75) is 31.3 Å². The molecule has 1 amide bonds. The molecule has 2 aromatic rings. The summed E-state index contributed by atoms with van der Waals surface area (Å²) in [5, 5.41) is 13.8. The number of methoxy groups -OCH3 is 1. The third-order valence-corrected chi connectivity index (χ3v) is 5.57. The number of benzene rings is 1. The molecule has 2 unspecified atom stereocenters. The van der Waals surface area contributed by atoms with Crippen LogP contribution in [0.25, 0.3) is 0 Å². The smallest absolute Gasteiger partial charge is 0.328 e. The van der Waals surface area contributed by atoms with E-state index in [1.54, 1.807) is 23.5 Å². The number of hydrogen-bond acceptors (Lipinski definition) is 6. The fourth-order valence-electron chi connectivity index (χ4n) is 3.31. The molecular formula is C20H21N3O3S. The van der Waals surface area contributed by atoms with Crippen LogP contribution >= 0.6 is 11.3 Å². The van der Waals surface area contributed by atoms with Gasteiger partial charge in [0.25, 0.3) is 0 Å². The number of nitrogens with one attached hydrogen (secondary N) is 1. The van der Waals surface area contributed by atoms with Crippen molar-refractivity contribution in [3.63, 3.8) is 0 Å². The third kappa shape index (κ3) is 4.47. The van der Waals surface area contributed by atoms with Crippen LogP contribution in [0.1, 0.15) is 23.3 Å². The first-order chi connectivity index (χ1) is 13.1. The van der Waals surface area contributed by atoms with E-state index in [4.69, 9.17) is 10.00 Å². The van der Waals surface area contributed by atoms with Crippen molar-refractivity contribution >= 4 is 28.9 Å². The lowest BCUT2D eigenvalue weighted by Crippen LogP contribution is -2.50. The number of amides is 1. The Labute approximate surface area is 162 Å². The molecular weight excluding hydrogens is 362 g/mol. The summed E-state index contributed by atoms with van der Waals surface area (Å²) >= 11 is 1.54. The minimum Gasteiger partial charge on any atom is -0.467 e. The lowest BCUT2D eigenvalue weighted by Gasteiger charge is -2.27. The Hall–Kier alpha value is -2.85. The maximum absolute atomic E-state index is 12.9. The quantitative estimate of drug-likeness (QED) is 0.775. The normalized spacial score (nSPS) is 17.2. The van der Waals surface area contributed by atoms with Gasteiger partial charge in [-0.2, -0.15) is 5.26 Å². The summed E-state index contributed by atoms with van der Waals surface area (Å²) in [6, 6.07) is 12.1. The predicted molar refractivity (Wildman–Crippen MR) is 103 cm³/mol. The Morgan fingerprint density at radius 2 is 2.15 bits per heavy atom. The molecule has 1 N–H and O–H groups in total. The van der Waals surface area contributed by atoms with Crippen LogP contribution in [-0.2, 0) is 20.7 Å². The van der Waals surface area contributed by atoms with Gasteiger partial charge < -0.3 is 15.0 Å². The van der Waals surface area contributed by atoms with Crippen LogP contribution in [0.3, 0.4) is 0 Å². The first-order valence-electron chi connectivity index (χ1n) is 8.79. The molecule has 1 aliphatic rings. The van der Waals surface area contributed by atoms with E-state index in [-0.39, 0.29) is 11.9 Å². The summed E-state index contributed by atoms with van der Waals surface area (Å²) in [6.07, 6.45) is 2.03. The van der Waals surface area contributed by atoms with E-state index in [2.05, 4.69) is 11.4 Å². The van der Waals surface area contributed by atoms with E-state index in [9.17, 15) is 9.59 Å². The third-order valence-electron chi connectivity index (χ3n) is 4.67. The Kier molecular flexibility index (Phi) is 6.09. The van der Waals surface area contributed by atoms with E-state index in [1.165, 1.54) is 7.11 Å². The Morgan fingerprint density at radius 3 is 2.78 bits per heavy atom. The molecule has 6 nitrogen and oxygen atoms in total. The molecule has 27 heavy (non-hydrogen) atoms. The molecule has 2 heterocycles. The molecule has 1 aliphatic heterocycles. The van der Waals surface area contributed by atoms with E-state index < -0.39 is 12.0 Å². The summed E-state index contributed by atoms with van der Waals surface area (Å²) in [5.74, 6) is -0.622. The van der Waals surface area contributed by atoms with Gasteiger partial charge in [0.15, 0.2) is 0 Å². The monoisotopic (exact) mass is 383 g/mol. The van der Waals surface area contributed by atoms with Crippen LogP contribution in [0.2, 0.25) is 0 Å². The van der Waals surface area contributed by atoms with Crippen molar-refractivity contribution in [2.75, 3.05) is 18.6 Å². The molecule has 0 radical (unpaired) electrons. The molecule has 140 valence electrons. The Balaban J connectivity index is 1.71. The van der Waals surface area contributed by atoms with Crippen molar-refractivity contribution < 1.29 is 14.3 Å². The van der Waals surface area contributed by atoms with Gasteiger partial charge in [0.05, 0.1) is 18.7 Å². The van der Waals surface area contributed by atoms with Crippen molar-refractivity contribution in [3.05, 3.63) is 52.2 Å². The number of thiophene rings is 1. The van der Waals surface area contributed by atoms with Gasteiger partial charge in [-0.1, -0.05) is 6.07 Å². The highest BCUT2D eigenvalue weighted by atomic mass is 32.1. The number of nitriles is 1. The van der Waals surface area contributed by atoms with Crippen LogP contribution in [0.5, 0.6) is 0 Å². The van der Waals surface area contributed by atoms with Gasteiger partial charge in [-0.25, -0.2) is 4.79 Å². The number of anilines is 1. The predicted octanol–water partition coefficient (Wildman–Crippen LogP) is 2.49. The fourth-order valence-corrected chi connectivity index (χ4v) is 4.06. The molecule has 0 saturated carbocycles. The number of carbonyl (C=O) groups is 2. The fraction of sp³-hybridized carbons (Fsp3) is 0.350. The van der Waals surface area contributed by atoms with E-state index in [0.29, 0.717) is 12.0 Å². The Bertz CT molecular complexity index is 827. The van der Waals surface area contributed by atoms with E-state index in [0.717, 1.165) is 30.0 Å². The van der Waals surface area contributed by atoms with Crippen molar-refractivity contribution in [2.24, 2.45) is 0 Å². The molecule has 0 bridgehead atoms. The van der Waals surface area contributed by atoms with Crippen molar-refractivity contribution in [1.82, 2.24) is 5.32 Å². The van der Waals surface area contributed by atoms with Crippen LogP contribution in [0.4, 0.5) is 5.69 Å². The summed E-state index contributed by atoms with van der Waals surface area (Å²) < 4.78 is 4.87. The van der Waals surface area contributed by atoms with Crippen molar-refractivity contribution in [3.8, 4) is 6.07 Å². The molecule has 0 aliphatic carbocycles. The highest BCUT2D eigenvalue weighted by Crippen LogP contribution is 2.26. The standard InChI is InChI=1S/C20H21N3O3S/c1-26-20(25)17(12-16-4-3-11-27-16)22-19(24)18-5-2-10-23(18)15-8-6-14(13-21)7-9-15/h3-4,6-9,11,17-18H,2,5,10,12H2,1H3,(H,22,24). The number of hydrogen-bond donors (Lipinski definition) is 1. The molecule has 7 heteroatoms. The second-order valence-electron chi connectivity index (χ2n) is 6.38. The molecule has 0 spiro atoms. The summed E-state index contributed by atoms with van der Waals surface area (Å²) in [4.78, 5) is 28.1. The minimum absolute atomic E-state index is 0.177. The van der Waals surface area contributed by atoms with Gasteiger partial charge in [0, 0.05) is 23.5 Å². The molecule has 3 rings (SSSR count). The van der Waals surface area contributed by atoms with Crippen LogP contribution in [0.15, 0.2) is 41.8 Å². The molecule has 1 saturated heterocycles. The average Bonchev–Trinajstić information content (AvgIpc) is 3.38. The zero-order valence-electron chi connectivity index (χ0n) is 15.1. The SMILES string of the molecule is COC(=O)C(Cc1cccs1)NC(=O)C1CCCN1c1ccc(C#N)cc1. The zero-order chi connectivity index (χ0) is 19.2. The Morgan fingerprint density at radius 1 is 1.37 bits per heavy atom. The molecule has 1 aromatic carbocycles. The summed E-state index contributed by atoms with van der Waals surface area (Å²) in [6.45, 7) is 0.762. The minimum atomic E-state index is -0.704. The molecule has 2 atom stereocenters. The zero-order valence-corrected chi connectivity index (χ0v) is 15.9. The van der Waals surface area contributed by atoms with Gasteiger partial charge in [0.2, 0.25) is 5.91 Å². The van der Waals surface area contributed by atoms with Crippen LogP contribution in [-0.4, -0.2) is 37.6 Å². The largest absolute Gasteiger partial charge is 0.467 e. The second kappa shape index (κ2) is 8.69. The topological polar surface area (TPSA) is 82.4 Å². The first-order valence-corrected chi connectivity index (χ1v) is 9.67. The van der Waals surface area contributed by atoms with E-state index in [1.807, 2.05) is 34.5 Å². The van der Waals surface area contributed by atoms with Crippen LogP contribution in [0, 0.1) is 11.3 Å². The highest BCUT2D eigenvalue weighted by Gasteiger charge is 2.33. The summed E-state index contributed by atoms with van der Waals surface area (Å²) in [5.41, 5.74) is 1.49.